The zero-order valence-electron chi connectivity index (χ0n) is 16.6. The predicted octanol–water partition coefficient (Wildman–Crippen LogP) is 3.60. The Hall–Kier alpha value is -2.20. The molecule has 1 atom stereocenters. The molecule has 0 saturated heterocycles. The van der Waals surface area contributed by atoms with Gasteiger partial charge in [-0.1, -0.05) is 37.0 Å². The Balaban J connectivity index is 2.05. The summed E-state index contributed by atoms with van der Waals surface area (Å²) in [4.78, 5) is 28.5. The van der Waals surface area contributed by atoms with Gasteiger partial charge in [-0.05, 0) is 37.3 Å². The van der Waals surface area contributed by atoms with Crippen LogP contribution in [0.4, 0.5) is 5.82 Å². The minimum Gasteiger partial charge on any atom is -0.449 e. The molecule has 8 nitrogen and oxygen atoms in total. The van der Waals surface area contributed by atoms with E-state index in [2.05, 4.69) is 10.3 Å². The molecule has 2 rings (SSSR count). The fourth-order valence-corrected chi connectivity index (χ4v) is 4.37. The van der Waals surface area contributed by atoms with Crippen molar-refractivity contribution in [3.8, 4) is 0 Å². The topological polar surface area (TPSA) is 106 Å². The zero-order chi connectivity index (χ0) is 22.5. The second kappa shape index (κ2) is 10.2. The lowest BCUT2D eigenvalue weighted by Gasteiger charge is -2.18. The summed E-state index contributed by atoms with van der Waals surface area (Å²) >= 11 is 11.7. The number of aromatic nitrogens is 1. The van der Waals surface area contributed by atoms with Gasteiger partial charge in [-0.2, -0.15) is 4.31 Å². The van der Waals surface area contributed by atoms with E-state index in [-0.39, 0.29) is 21.3 Å². The number of hydrogen-bond donors (Lipinski definition) is 1. The molecule has 0 aliphatic heterocycles. The molecule has 1 aromatic carbocycles. The van der Waals surface area contributed by atoms with Crippen LogP contribution in [0, 0.1) is 0 Å². The maximum atomic E-state index is 12.5. The van der Waals surface area contributed by atoms with Crippen molar-refractivity contribution in [1.82, 2.24) is 9.29 Å². The van der Waals surface area contributed by atoms with E-state index in [1.807, 2.05) is 0 Å². The number of ether oxygens (including phenoxy) is 1. The van der Waals surface area contributed by atoms with E-state index in [9.17, 15) is 18.0 Å². The van der Waals surface area contributed by atoms with Gasteiger partial charge in [0, 0.05) is 19.3 Å². The van der Waals surface area contributed by atoms with Crippen molar-refractivity contribution in [2.45, 2.75) is 31.8 Å². The molecule has 0 unspecified atom stereocenters. The summed E-state index contributed by atoms with van der Waals surface area (Å²) in [6.45, 7) is 5.54. The van der Waals surface area contributed by atoms with Gasteiger partial charge >= 0.3 is 5.97 Å². The molecule has 162 valence electrons. The van der Waals surface area contributed by atoms with Gasteiger partial charge in [-0.15, -0.1) is 0 Å². The highest BCUT2D eigenvalue weighted by atomic mass is 35.5. The number of pyridine rings is 1. The summed E-state index contributed by atoms with van der Waals surface area (Å²) in [5.74, 6) is -1.33. The summed E-state index contributed by atoms with van der Waals surface area (Å²) in [6, 6.07) is 6.73. The highest BCUT2D eigenvalue weighted by molar-refractivity contribution is 7.89. The van der Waals surface area contributed by atoms with Crippen LogP contribution >= 0.6 is 23.2 Å². The molecule has 0 saturated carbocycles. The van der Waals surface area contributed by atoms with E-state index in [4.69, 9.17) is 27.9 Å². The second-order valence-corrected chi connectivity index (χ2v) is 8.92. The van der Waals surface area contributed by atoms with Crippen LogP contribution in [-0.4, -0.2) is 48.8 Å². The number of carbonyl (C=O) groups excluding carboxylic acids is 2. The molecule has 11 heteroatoms. The molecule has 0 aliphatic carbocycles. The second-order valence-electron chi connectivity index (χ2n) is 6.13. The van der Waals surface area contributed by atoms with Crippen molar-refractivity contribution in [3.05, 3.63) is 52.1 Å². The normalized spacial score (nSPS) is 12.5. The number of amides is 1. The third kappa shape index (κ3) is 5.69. The van der Waals surface area contributed by atoms with Gasteiger partial charge in [0.05, 0.1) is 20.5 Å². The van der Waals surface area contributed by atoms with Gasteiger partial charge in [-0.25, -0.2) is 18.2 Å². The van der Waals surface area contributed by atoms with Crippen molar-refractivity contribution in [2.24, 2.45) is 0 Å². The van der Waals surface area contributed by atoms with Crippen LogP contribution in [0.15, 0.2) is 41.4 Å². The summed E-state index contributed by atoms with van der Waals surface area (Å²) in [5, 5.41) is 2.89. The summed E-state index contributed by atoms with van der Waals surface area (Å²) < 4.78 is 31.4. The maximum absolute atomic E-state index is 12.5. The van der Waals surface area contributed by atoms with Crippen molar-refractivity contribution in [1.29, 1.82) is 0 Å². The number of halogens is 2. The van der Waals surface area contributed by atoms with Crippen LogP contribution < -0.4 is 5.32 Å². The van der Waals surface area contributed by atoms with E-state index >= 15 is 0 Å². The Morgan fingerprint density at radius 1 is 1.17 bits per heavy atom. The number of nitrogens with one attached hydrogen (secondary N) is 1. The number of carbonyl (C=O) groups is 2. The van der Waals surface area contributed by atoms with Crippen molar-refractivity contribution in [2.75, 3.05) is 18.4 Å². The molecule has 0 fully saturated rings. The number of benzene rings is 1. The summed E-state index contributed by atoms with van der Waals surface area (Å²) in [6.07, 6.45) is 0.165. The Morgan fingerprint density at radius 3 is 2.30 bits per heavy atom. The van der Waals surface area contributed by atoms with Gasteiger partial charge in [0.15, 0.2) is 11.9 Å². The Morgan fingerprint density at radius 2 is 1.77 bits per heavy atom. The minimum atomic E-state index is -3.63. The van der Waals surface area contributed by atoms with Gasteiger partial charge in [0.1, 0.15) is 0 Å². The fourth-order valence-electron chi connectivity index (χ4n) is 2.48. The minimum absolute atomic E-state index is 0.0667. The van der Waals surface area contributed by atoms with E-state index in [0.717, 1.165) is 0 Å². The fraction of sp³-hybridized carbons (Fsp3) is 0.316. The highest BCUT2D eigenvalue weighted by Gasteiger charge is 2.23. The number of esters is 1. The molecule has 0 spiro atoms. The average molecular weight is 474 g/mol. The van der Waals surface area contributed by atoms with E-state index < -0.39 is 28.0 Å². The van der Waals surface area contributed by atoms with Crippen molar-refractivity contribution in [3.63, 3.8) is 0 Å². The highest BCUT2D eigenvalue weighted by Crippen LogP contribution is 2.23. The lowest BCUT2D eigenvalue weighted by Crippen LogP contribution is -2.31. The molecule has 1 amide bonds. The number of rotatable bonds is 8. The first-order valence-electron chi connectivity index (χ1n) is 9.03. The molecule has 1 N–H and O–H groups in total. The van der Waals surface area contributed by atoms with Crippen molar-refractivity contribution < 1.29 is 22.7 Å². The Kier molecular flexibility index (Phi) is 8.19. The average Bonchev–Trinajstić information content (AvgIpc) is 2.70. The van der Waals surface area contributed by atoms with Crippen LogP contribution in [0.5, 0.6) is 0 Å². The molecular formula is C19H21Cl2N3O5S. The number of hydrogen-bond acceptors (Lipinski definition) is 6. The zero-order valence-corrected chi connectivity index (χ0v) is 18.9. The lowest BCUT2D eigenvalue weighted by molar-refractivity contribution is -0.123. The number of nitrogens with zero attached hydrogens (tertiary/aromatic N) is 2. The molecule has 30 heavy (non-hydrogen) atoms. The third-order valence-corrected chi connectivity index (χ3v) is 6.69. The van der Waals surface area contributed by atoms with Gasteiger partial charge in [0.2, 0.25) is 10.0 Å². The predicted molar refractivity (Wildman–Crippen MR) is 114 cm³/mol. The monoisotopic (exact) mass is 473 g/mol. The quantitative estimate of drug-likeness (QED) is 0.586. The van der Waals surface area contributed by atoms with Crippen LogP contribution in [0.2, 0.25) is 10.0 Å². The van der Waals surface area contributed by atoms with Gasteiger partial charge < -0.3 is 10.1 Å². The molecular weight excluding hydrogens is 453 g/mol. The Labute approximate surface area is 185 Å². The Bertz CT molecular complexity index is 1020. The van der Waals surface area contributed by atoms with E-state index in [1.54, 1.807) is 13.8 Å². The number of anilines is 1. The molecule has 0 aliphatic rings. The van der Waals surface area contributed by atoms with Crippen LogP contribution in [0.25, 0.3) is 0 Å². The standard InChI is InChI=1S/C19H21Cl2N3O5S/c1-4-24(5-2)30(27,28)15-8-6-13(7-9-15)19(26)29-12(3)18(25)23-17-16(21)10-14(20)11-22-17/h6-12H,4-5H2,1-3H3,(H,22,23,25)/t12-/m1/s1. The largest absolute Gasteiger partial charge is 0.449 e. The first-order chi connectivity index (χ1) is 14.1. The van der Waals surface area contributed by atoms with Gasteiger partial charge in [0.25, 0.3) is 5.91 Å². The summed E-state index contributed by atoms with van der Waals surface area (Å²) in [5.41, 5.74) is 0.107. The third-order valence-electron chi connectivity index (χ3n) is 4.14. The first kappa shape index (κ1) is 24.1. The number of sulfonamides is 1. The van der Waals surface area contributed by atoms with E-state index in [1.165, 1.54) is 47.8 Å². The van der Waals surface area contributed by atoms with Crippen LogP contribution in [-0.2, 0) is 19.6 Å². The van der Waals surface area contributed by atoms with E-state index in [0.29, 0.717) is 18.1 Å². The molecule has 1 aromatic heterocycles. The molecule has 1 heterocycles. The smallest absolute Gasteiger partial charge is 0.338 e. The maximum Gasteiger partial charge on any atom is 0.338 e. The van der Waals surface area contributed by atoms with Crippen LogP contribution in [0.1, 0.15) is 31.1 Å². The van der Waals surface area contributed by atoms with Crippen molar-refractivity contribution >= 4 is 50.9 Å². The van der Waals surface area contributed by atoms with Crippen LogP contribution in [0.3, 0.4) is 0 Å². The molecule has 0 radical (unpaired) electrons. The first-order valence-corrected chi connectivity index (χ1v) is 11.2. The lowest BCUT2D eigenvalue weighted by atomic mass is 10.2. The molecule has 0 bridgehead atoms. The summed E-state index contributed by atoms with van der Waals surface area (Å²) in [7, 11) is -3.63. The van der Waals surface area contributed by atoms with Gasteiger partial charge in [-0.3, -0.25) is 4.79 Å². The molecule has 2 aromatic rings. The SMILES string of the molecule is CCN(CC)S(=O)(=O)c1ccc(C(=O)O[C@H](C)C(=O)Nc2ncc(Cl)cc2Cl)cc1.